The number of nitrogens with zero attached hydrogens (tertiary/aromatic N) is 1. The van der Waals surface area contributed by atoms with Crippen LogP contribution in [0.25, 0.3) is 0 Å². The molecule has 0 amide bonds. The van der Waals surface area contributed by atoms with Crippen molar-refractivity contribution in [3.05, 3.63) is 40.0 Å². The van der Waals surface area contributed by atoms with Crippen LogP contribution in [0, 0.1) is 20.8 Å². The molecule has 2 rings (SSSR count). The van der Waals surface area contributed by atoms with Crippen molar-refractivity contribution >= 4 is 17.3 Å². The molecule has 136 valence electrons. The molecule has 0 radical (unpaired) electrons. The molecule has 0 bridgehead atoms. The molecule has 1 heterocycles. The van der Waals surface area contributed by atoms with Crippen molar-refractivity contribution in [3.63, 3.8) is 0 Å². The molecular formula is C19H25ClN2O3. The number of nitrogens with one attached hydrogen (secondary N) is 1. The fourth-order valence-corrected chi connectivity index (χ4v) is 2.99. The van der Waals surface area contributed by atoms with E-state index in [0.29, 0.717) is 22.4 Å². The van der Waals surface area contributed by atoms with Crippen molar-refractivity contribution in [3.8, 4) is 17.4 Å². The van der Waals surface area contributed by atoms with Gasteiger partial charge in [-0.25, -0.2) is 4.98 Å². The van der Waals surface area contributed by atoms with Gasteiger partial charge in [0.25, 0.3) is 5.88 Å². The fraction of sp³-hybridized carbons (Fsp3) is 0.421. The maximum absolute atomic E-state index is 9.46. The Morgan fingerprint density at radius 1 is 1.16 bits per heavy atom. The maximum Gasteiger partial charge on any atom is 0.265 e. The Bertz CT molecular complexity index is 723. The Morgan fingerprint density at radius 2 is 1.80 bits per heavy atom. The standard InChI is InChI=1S/C19H25ClN2O3/c1-6-15(10-23)22-16-9-13(4)21-19(18(16)24-5)25-17-11(2)7-14(20)8-12(17)3/h7-9,15,23H,6,10H2,1-5H3,(H,21,22). The molecule has 1 unspecified atom stereocenters. The Morgan fingerprint density at radius 3 is 2.32 bits per heavy atom. The second kappa shape index (κ2) is 8.41. The van der Waals surface area contributed by atoms with Gasteiger partial charge in [0.05, 0.1) is 19.4 Å². The zero-order valence-electron chi connectivity index (χ0n) is 15.3. The van der Waals surface area contributed by atoms with Crippen molar-refractivity contribution in [1.29, 1.82) is 0 Å². The van der Waals surface area contributed by atoms with Crippen LogP contribution in [0.4, 0.5) is 5.69 Å². The van der Waals surface area contributed by atoms with E-state index < -0.39 is 0 Å². The second-order valence-corrected chi connectivity index (χ2v) is 6.49. The summed E-state index contributed by atoms with van der Waals surface area (Å²) in [6, 6.07) is 5.52. The molecule has 2 aromatic rings. The van der Waals surface area contributed by atoms with Gasteiger partial charge in [-0.15, -0.1) is 0 Å². The van der Waals surface area contributed by atoms with Gasteiger partial charge >= 0.3 is 0 Å². The van der Waals surface area contributed by atoms with E-state index >= 15 is 0 Å². The molecule has 1 aromatic carbocycles. The van der Waals surface area contributed by atoms with Crippen LogP contribution >= 0.6 is 11.6 Å². The highest BCUT2D eigenvalue weighted by Gasteiger charge is 2.18. The molecule has 0 spiro atoms. The van der Waals surface area contributed by atoms with Gasteiger partial charge in [-0.2, -0.15) is 0 Å². The van der Waals surface area contributed by atoms with Gasteiger partial charge < -0.3 is 19.9 Å². The average Bonchev–Trinajstić information content (AvgIpc) is 2.55. The number of ether oxygens (including phenoxy) is 2. The molecule has 0 aliphatic heterocycles. The molecule has 1 atom stereocenters. The molecule has 0 saturated heterocycles. The predicted molar refractivity (Wildman–Crippen MR) is 101 cm³/mol. The first kappa shape index (κ1) is 19.3. The smallest absolute Gasteiger partial charge is 0.265 e. The molecule has 2 N–H and O–H groups in total. The average molecular weight is 365 g/mol. The highest BCUT2D eigenvalue weighted by Crippen LogP contribution is 2.39. The van der Waals surface area contributed by atoms with E-state index in [9.17, 15) is 5.11 Å². The number of hydrogen-bond donors (Lipinski definition) is 2. The molecule has 0 saturated carbocycles. The SMILES string of the molecule is CCC(CO)Nc1cc(C)nc(Oc2c(C)cc(Cl)cc2C)c1OC. The Kier molecular flexibility index (Phi) is 6.51. The van der Waals surface area contributed by atoms with Gasteiger partial charge in [0.1, 0.15) is 5.75 Å². The van der Waals surface area contributed by atoms with Gasteiger partial charge in [-0.3, -0.25) is 0 Å². The largest absolute Gasteiger partial charge is 0.490 e. The summed E-state index contributed by atoms with van der Waals surface area (Å²) in [5.41, 5.74) is 3.38. The van der Waals surface area contributed by atoms with Crippen LogP contribution in [-0.2, 0) is 0 Å². The summed E-state index contributed by atoms with van der Waals surface area (Å²) < 4.78 is 11.6. The predicted octanol–water partition coefficient (Wildman–Crippen LogP) is 4.64. The van der Waals surface area contributed by atoms with Crippen LogP contribution in [0.5, 0.6) is 17.4 Å². The van der Waals surface area contributed by atoms with E-state index in [0.717, 1.165) is 28.9 Å². The number of anilines is 1. The zero-order valence-corrected chi connectivity index (χ0v) is 16.1. The number of aliphatic hydroxyl groups is 1. The third-order valence-corrected chi connectivity index (χ3v) is 4.19. The summed E-state index contributed by atoms with van der Waals surface area (Å²) in [5, 5.41) is 13.4. The minimum atomic E-state index is -0.0671. The van der Waals surface area contributed by atoms with Gasteiger partial charge in [0.2, 0.25) is 5.75 Å². The third kappa shape index (κ3) is 4.55. The first-order valence-electron chi connectivity index (χ1n) is 8.27. The van der Waals surface area contributed by atoms with Crippen molar-refractivity contribution in [1.82, 2.24) is 4.98 Å². The fourth-order valence-electron chi connectivity index (χ4n) is 2.66. The van der Waals surface area contributed by atoms with E-state index in [1.807, 2.05) is 45.9 Å². The number of methoxy groups -OCH3 is 1. The summed E-state index contributed by atoms with van der Waals surface area (Å²) in [6.07, 6.45) is 0.784. The Hall–Kier alpha value is -1.98. The van der Waals surface area contributed by atoms with E-state index in [-0.39, 0.29) is 12.6 Å². The molecule has 25 heavy (non-hydrogen) atoms. The number of aromatic nitrogens is 1. The number of aliphatic hydroxyl groups excluding tert-OH is 1. The monoisotopic (exact) mass is 364 g/mol. The molecular weight excluding hydrogens is 340 g/mol. The maximum atomic E-state index is 9.46. The second-order valence-electron chi connectivity index (χ2n) is 6.05. The molecule has 1 aromatic heterocycles. The molecule has 6 heteroatoms. The van der Waals surface area contributed by atoms with Crippen LogP contribution in [0.2, 0.25) is 5.02 Å². The normalized spacial score (nSPS) is 12.0. The third-order valence-electron chi connectivity index (χ3n) is 3.97. The number of aryl methyl sites for hydroxylation is 3. The van der Waals surface area contributed by atoms with Gasteiger partial charge in [-0.1, -0.05) is 18.5 Å². The van der Waals surface area contributed by atoms with Crippen LogP contribution in [0.15, 0.2) is 18.2 Å². The zero-order chi connectivity index (χ0) is 18.6. The van der Waals surface area contributed by atoms with E-state index in [4.69, 9.17) is 21.1 Å². The number of halogens is 1. The van der Waals surface area contributed by atoms with Crippen LogP contribution in [0.1, 0.15) is 30.2 Å². The lowest BCUT2D eigenvalue weighted by atomic mass is 10.1. The first-order valence-corrected chi connectivity index (χ1v) is 8.65. The summed E-state index contributed by atoms with van der Waals surface area (Å²) in [6.45, 7) is 7.81. The van der Waals surface area contributed by atoms with Gasteiger partial charge in [0, 0.05) is 16.8 Å². The van der Waals surface area contributed by atoms with Gasteiger partial charge in [-0.05, 0) is 56.5 Å². The van der Waals surface area contributed by atoms with Crippen molar-refractivity contribution in [2.75, 3.05) is 19.0 Å². The van der Waals surface area contributed by atoms with Crippen LogP contribution in [-0.4, -0.2) is 29.8 Å². The van der Waals surface area contributed by atoms with E-state index in [1.54, 1.807) is 7.11 Å². The van der Waals surface area contributed by atoms with Crippen LogP contribution in [0.3, 0.4) is 0 Å². The Labute approximate surface area is 154 Å². The lowest BCUT2D eigenvalue weighted by molar-refractivity contribution is 0.271. The molecule has 5 nitrogen and oxygen atoms in total. The van der Waals surface area contributed by atoms with Crippen molar-refractivity contribution in [2.24, 2.45) is 0 Å². The van der Waals surface area contributed by atoms with Crippen LogP contribution < -0.4 is 14.8 Å². The van der Waals surface area contributed by atoms with Gasteiger partial charge in [0.15, 0.2) is 0 Å². The summed E-state index contributed by atoms with van der Waals surface area (Å²) >= 11 is 6.09. The minimum Gasteiger partial charge on any atom is -0.490 e. The number of hydrogen-bond acceptors (Lipinski definition) is 5. The summed E-state index contributed by atoms with van der Waals surface area (Å²) in [7, 11) is 1.58. The lowest BCUT2D eigenvalue weighted by Crippen LogP contribution is -2.23. The minimum absolute atomic E-state index is 0.0343. The summed E-state index contributed by atoms with van der Waals surface area (Å²) in [4.78, 5) is 4.48. The number of rotatable bonds is 7. The van der Waals surface area contributed by atoms with Crippen molar-refractivity contribution < 1.29 is 14.6 Å². The Balaban J connectivity index is 2.46. The van der Waals surface area contributed by atoms with E-state index in [2.05, 4.69) is 10.3 Å². The topological polar surface area (TPSA) is 63.6 Å². The number of benzene rings is 1. The molecule has 0 aliphatic carbocycles. The summed E-state index contributed by atoms with van der Waals surface area (Å²) in [5.74, 6) is 1.60. The van der Waals surface area contributed by atoms with E-state index in [1.165, 1.54) is 0 Å². The lowest BCUT2D eigenvalue weighted by Gasteiger charge is -2.20. The highest BCUT2D eigenvalue weighted by atomic mass is 35.5. The highest BCUT2D eigenvalue weighted by molar-refractivity contribution is 6.30. The first-order chi connectivity index (χ1) is 11.9. The molecule has 0 aliphatic rings. The quantitative estimate of drug-likeness (QED) is 0.749. The molecule has 0 fully saturated rings. The number of pyridine rings is 1. The van der Waals surface area contributed by atoms with Crippen molar-refractivity contribution in [2.45, 2.75) is 40.2 Å².